The molecular formula is C15H20N2O4. The van der Waals surface area contributed by atoms with Crippen molar-refractivity contribution < 1.29 is 19.4 Å². The maximum absolute atomic E-state index is 11.1. The van der Waals surface area contributed by atoms with Gasteiger partial charge in [-0.1, -0.05) is 6.07 Å². The first kappa shape index (κ1) is 15.2. The summed E-state index contributed by atoms with van der Waals surface area (Å²) in [6.45, 7) is 3.84. The van der Waals surface area contributed by atoms with E-state index < -0.39 is 17.8 Å². The van der Waals surface area contributed by atoms with Crippen LogP contribution in [-0.2, 0) is 16.0 Å². The second kappa shape index (κ2) is 6.47. The topological polar surface area (TPSA) is 92.9 Å². The third-order valence-electron chi connectivity index (χ3n) is 3.71. The lowest BCUT2D eigenvalue weighted by Gasteiger charge is -2.21. The second-order valence-corrected chi connectivity index (χ2v) is 5.01. The van der Waals surface area contributed by atoms with Crippen LogP contribution < -0.4 is 15.4 Å². The van der Waals surface area contributed by atoms with Gasteiger partial charge in [-0.2, -0.15) is 0 Å². The van der Waals surface area contributed by atoms with Crippen molar-refractivity contribution in [3.05, 3.63) is 23.8 Å². The molecule has 1 heterocycles. The predicted octanol–water partition coefficient (Wildman–Crippen LogP) is 1.02. The molecule has 0 spiro atoms. The molecule has 6 nitrogen and oxygen atoms in total. The first-order valence-corrected chi connectivity index (χ1v) is 7.06. The Hall–Kier alpha value is -2.24. The summed E-state index contributed by atoms with van der Waals surface area (Å²) < 4.78 is 5.60. The Kier molecular flexibility index (Phi) is 4.67. The number of rotatable bonds is 7. The maximum Gasteiger partial charge on any atom is 0.316 e. The van der Waals surface area contributed by atoms with Gasteiger partial charge >= 0.3 is 5.97 Å². The van der Waals surface area contributed by atoms with Crippen LogP contribution in [0.4, 0.5) is 5.69 Å². The zero-order valence-electron chi connectivity index (χ0n) is 12.0. The van der Waals surface area contributed by atoms with Crippen LogP contribution in [0.25, 0.3) is 0 Å². The van der Waals surface area contributed by atoms with Crippen molar-refractivity contribution in [1.82, 2.24) is 0 Å². The number of benzene rings is 1. The summed E-state index contributed by atoms with van der Waals surface area (Å²) in [6.07, 6.45) is 1.07. The fraction of sp³-hybridized carbons (Fsp3) is 0.467. The van der Waals surface area contributed by atoms with Crippen LogP contribution in [0.15, 0.2) is 18.2 Å². The number of nitrogens with zero attached hydrogens (tertiary/aromatic N) is 1. The minimum atomic E-state index is -1.16. The van der Waals surface area contributed by atoms with Gasteiger partial charge in [0, 0.05) is 24.3 Å². The minimum absolute atomic E-state index is 0.211. The van der Waals surface area contributed by atoms with E-state index in [-0.39, 0.29) is 6.42 Å². The standard InChI is InChI=1S/C15H20N2O4/c1-2-21-13-5-3-4-12-10(13)6-8-17(12)9-7-11(14(16)18)15(19)20/h3-5,11H,2,6-9H2,1H3,(H2,16,18)(H,19,20). The molecule has 0 aromatic heterocycles. The Morgan fingerprint density at radius 3 is 2.86 bits per heavy atom. The van der Waals surface area contributed by atoms with Crippen molar-refractivity contribution in [3.8, 4) is 5.75 Å². The van der Waals surface area contributed by atoms with E-state index in [9.17, 15) is 9.59 Å². The number of carbonyl (C=O) groups is 2. The Balaban J connectivity index is 2.08. The van der Waals surface area contributed by atoms with E-state index in [4.69, 9.17) is 15.6 Å². The van der Waals surface area contributed by atoms with Crippen LogP contribution in [0.3, 0.4) is 0 Å². The minimum Gasteiger partial charge on any atom is -0.494 e. The average molecular weight is 292 g/mol. The molecule has 114 valence electrons. The fourth-order valence-electron chi connectivity index (χ4n) is 2.66. The number of aliphatic carboxylic acids is 1. The summed E-state index contributed by atoms with van der Waals surface area (Å²) in [6, 6.07) is 5.85. The number of carbonyl (C=O) groups excluding carboxylic acids is 1. The van der Waals surface area contributed by atoms with E-state index in [0.717, 1.165) is 30.0 Å². The van der Waals surface area contributed by atoms with Gasteiger partial charge in [0.25, 0.3) is 0 Å². The highest BCUT2D eigenvalue weighted by Gasteiger charge is 2.27. The quantitative estimate of drug-likeness (QED) is 0.732. The highest BCUT2D eigenvalue weighted by Crippen LogP contribution is 2.35. The first-order valence-electron chi connectivity index (χ1n) is 7.06. The van der Waals surface area contributed by atoms with E-state index in [1.165, 1.54) is 0 Å². The SMILES string of the molecule is CCOc1cccc2c1CCN2CCC(C(N)=O)C(=O)O. The number of hydrogen-bond donors (Lipinski definition) is 2. The summed E-state index contributed by atoms with van der Waals surface area (Å²) in [5.41, 5.74) is 7.32. The zero-order chi connectivity index (χ0) is 15.4. The van der Waals surface area contributed by atoms with Gasteiger partial charge in [0.15, 0.2) is 0 Å². The maximum atomic E-state index is 11.1. The molecule has 1 aliphatic heterocycles. The molecule has 0 saturated carbocycles. The first-order chi connectivity index (χ1) is 10.0. The Labute approximate surface area is 123 Å². The lowest BCUT2D eigenvalue weighted by molar-refractivity contribution is -0.146. The largest absolute Gasteiger partial charge is 0.494 e. The summed E-state index contributed by atoms with van der Waals surface area (Å²) in [5.74, 6) is -2.21. The predicted molar refractivity (Wildman–Crippen MR) is 78.5 cm³/mol. The Bertz CT molecular complexity index is 530. The summed E-state index contributed by atoms with van der Waals surface area (Å²) >= 11 is 0. The van der Waals surface area contributed by atoms with Gasteiger partial charge in [-0.25, -0.2) is 0 Å². The Morgan fingerprint density at radius 2 is 2.24 bits per heavy atom. The third-order valence-corrected chi connectivity index (χ3v) is 3.71. The number of carboxylic acid groups (broad SMARTS) is 1. The molecule has 0 bridgehead atoms. The molecular weight excluding hydrogens is 272 g/mol. The van der Waals surface area contributed by atoms with Crippen molar-refractivity contribution in [2.45, 2.75) is 19.8 Å². The van der Waals surface area contributed by atoms with Crippen LogP contribution in [-0.4, -0.2) is 36.7 Å². The number of primary amides is 1. The summed E-state index contributed by atoms with van der Waals surface area (Å²) in [4.78, 5) is 24.2. The Morgan fingerprint density at radius 1 is 1.48 bits per heavy atom. The van der Waals surface area contributed by atoms with Gasteiger partial charge in [-0.3, -0.25) is 9.59 Å². The van der Waals surface area contributed by atoms with Crippen LogP contribution in [0.5, 0.6) is 5.75 Å². The monoisotopic (exact) mass is 292 g/mol. The zero-order valence-corrected chi connectivity index (χ0v) is 12.0. The number of amides is 1. The molecule has 1 aromatic carbocycles. The molecule has 1 amide bonds. The normalized spacial score (nSPS) is 14.6. The molecule has 0 saturated heterocycles. The van der Waals surface area contributed by atoms with Crippen LogP contribution in [0, 0.1) is 5.92 Å². The highest BCUT2D eigenvalue weighted by atomic mass is 16.5. The summed E-state index contributed by atoms with van der Waals surface area (Å²) in [5, 5.41) is 8.99. The second-order valence-electron chi connectivity index (χ2n) is 5.01. The van der Waals surface area contributed by atoms with Gasteiger partial charge in [-0.15, -0.1) is 0 Å². The van der Waals surface area contributed by atoms with Crippen molar-refractivity contribution in [2.75, 3.05) is 24.6 Å². The van der Waals surface area contributed by atoms with Crippen molar-refractivity contribution in [3.63, 3.8) is 0 Å². The van der Waals surface area contributed by atoms with Gasteiger partial charge in [0.05, 0.1) is 6.61 Å². The highest BCUT2D eigenvalue weighted by molar-refractivity contribution is 5.96. The molecule has 1 aromatic rings. The molecule has 0 aliphatic carbocycles. The number of anilines is 1. The third kappa shape index (κ3) is 3.26. The van der Waals surface area contributed by atoms with Crippen LogP contribution in [0.1, 0.15) is 18.9 Å². The van der Waals surface area contributed by atoms with Gasteiger partial charge in [0.1, 0.15) is 11.7 Å². The van der Waals surface area contributed by atoms with Crippen molar-refractivity contribution in [1.29, 1.82) is 0 Å². The van der Waals surface area contributed by atoms with E-state index in [2.05, 4.69) is 4.90 Å². The molecule has 1 aliphatic rings. The van der Waals surface area contributed by atoms with Gasteiger partial charge in [0.2, 0.25) is 5.91 Å². The van der Waals surface area contributed by atoms with Crippen molar-refractivity contribution in [2.24, 2.45) is 11.7 Å². The van der Waals surface area contributed by atoms with Crippen LogP contribution >= 0.6 is 0 Å². The molecule has 0 fully saturated rings. The van der Waals surface area contributed by atoms with Gasteiger partial charge < -0.3 is 20.5 Å². The molecule has 3 N–H and O–H groups in total. The summed E-state index contributed by atoms with van der Waals surface area (Å²) in [7, 11) is 0. The van der Waals surface area contributed by atoms with Gasteiger partial charge in [-0.05, 0) is 31.9 Å². The number of hydrogen-bond acceptors (Lipinski definition) is 4. The molecule has 0 radical (unpaired) electrons. The lowest BCUT2D eigenvalue weighted by atomic mass is 10.1. The number of nitrogens with two attached hydrogens (primary N) is 1. The molecule has 6 heteroatoms. The molecule has 2 rings (SSSR count). The van der Waals surface area contributed by atoms with E-state index in [0.29, 0.717) is 13.2 Å². The smallest absolute Gasteiger partial charge is 0.316 e. The number of carboxylic acids is 1. The van der Waals surface area contributed by atoms with E-state index in [1.54, 1.807) is 0 Å². The fourth-order valence-corrected chi connectivity index (χ4v) is 2.66. The number of ether oxygens (including phenoxy) is 1. The molecule has 1 unspecified atom stereocenters. The molecule has 1 atom stereocenters. The van der Waals surface area contributed by atoms with E-state index in [1.807, 2.05) is 25.1 Å². The van der Waals surface area contributed by atoms with Crippen molar-refractivity contribution >= 4 is 17.6 Å². The average Bonchev–Trinajstić information content (AvgIpc) is 2.83. The van der Waals surface area contributed by atoms with E-state index >= 15 is 0 Å². The lowest BCUT2D eigenvalue weighted by Crippen LogP contribution is -2.34. The number of fused-ring (bicyclic) bond motifs is 1. The van der Waals surface area contributed by atoms with Crippen LogP contribution in [0.2, 0.25) is 0 Å². The molecule has 21 heavy (non-hydrogen) atoms.